The summed E-state index contributed by atoms with van der Waals surface area (Å²) < 4.78 is 49.0. The molecule has 118 valence electrons. The first-order chi connectivity index (χ1) is 9.75. The topological polar surface area (TPSA) is 38.7 Å². The van der Waals surface area contributed by atoms with Crippen LogP contribution < -0.4 is 0 Å². The van der Waals surface area contributed by atoms with Crippen LogP contribution in [0, 0.1) is 0 Å². The van der Waals surface area contributed by atoms with Gasteiger partial charge in [-0.3, -0.25) is 0 Å². The molecule has 1 aliphatic rings. The summed E-state index contributed by atoms with van der Waals surface area (Å²) in [6.45, 7) is 0. The molecule has 21 heavy (non-hydrogen) atoms. The highest BCUT2D eigenvalue weighted by Gasteiger charge is 2.43. The third-order valence-electron chi connectivity index (χ3n) is 4.31. The number of halogens is 3. The van der Waals surface area contributed by atoms with Crippen molar-refractivity contribution in [1.82, 2.24) is 0 Å². The van der Waals surface area contributed by atoms with E-state index in [-0.39, 0.29) is 18.4 Å². The van der Waals surface area contributed by atoms with E-state index in [1.54, 1.807) is 0 Å². The second-order valence-corrected chi connectivity index (χ2v) is 5.43. The SMILES string of the molecule is COC1(OC)CCC(O)(c2cccc(C(F)(F)F)c2)CC1. The Kier molecular flexibility index (Phi) is 4.33. The zero-order valence-electron chi connectivity index (χ0n) is 12.0. The van der Waals surface area contributed by atoms with Gasteiger partial charge in [0.05, 0.1) is 11.2 Å². The second-order valence-electron chi connectivity index (χ2n) is 5.43. The van der Waals surface area contributed by atoms with Crippen molar-refractivity contribution >= 4 is 0 Å². The summed E-state index contributed by atoms with van der Waals surface area (Å²) in [5.74, 6) is -0.756. The first-order valence-corrected chi connectivity index (χ1v) is 6.75. The number of aliphatic hydroxyl groups is 1. The average Bonchev–Trinajstić information content (AvgIpc) is 2.48. The van der Waals surface area contributed by atoms with Crippen LogP contribution in [0.15, 0.2) is 24.3 Å². The predicted octanol–water partition coefficient (Wildman–Crippen LogP) is 3.46. The summed E-state index contributed by atoms with van der Waals surface area (Å²) in [7, 11) is 3.05. The highest BCUT2D eigenvalue weighted by molar-refractivity contribution is 5.30. The second kappa shape index (κ2) is 5.59. The van der Waals surface area contributed by atoms with Gasteiger partial charge < -0.3 is 14.6 Å². The molecule has 1 fully saturated rings. The number of ether oxygens (including phenoxy) is 2. The molecule has 0 bridgehead atoms. The van der Waals surface area contributed by atoms with Crippen molar-refractivity contribution in [2.75, 3.05) is 14.2 Å². The third kappa shape index (κ3) is 3.22. The van der Waals surface area contributed by atoms with Crippen molar-refractivity contribution in [2.45, 2.75) is 43.2 Å². The van der Waals surface area contributed by atoms with Gasteiger partial charge >= 0.3 is 6.18 Å². The normalized spacial score (nSPS) is 21.2. The Morgan fingerprint density at radius 3 is 2.10 bits per heavy atom. The molecule has 6 heteroatoms. The lowest BCUT2D eigenvalue weighted by Crippen LogP contribution is -2.43. The smallest absolute Gasteiger partial charge is 0.385 e. The molecule has 3 nitrogen and oxygen atoms in total. The number of hydrogen-bond acceptors (Lipinski definition) is 3. The molecular weight excluding hydrogens is 285 g/mol. The maximum Gasteiger partial charge on any atom is 0.416 e. The minimum Gasteiger partial charge on any atom is -0.385 e. The molecule has 0 atom stereocenters. The van der Waals surface area contributed by atoms with Crippen LogP contribution in [0.25, 0.3) is 0 Å². The molecule has 0 aliphatic heterocycles. The summed E-state index contributed by atoms with van der Waals surface area (Å²) >= 11 is 0. The van der Waals surface area contributed by atoms with Gasteiger partial charge in [0.2, 0.25) is 0 Å². The van der Waals surface area contributed by atoms with Crippen molar-refractivity contribution in [3.8, 4) is 0 Å². The molecule has 0 amide bonds. The Morgan fingerprint density at radius 2 is 1.62 bits per heavy atom. The molecule has 1 aliphatic carbocycles. The van der Waals surface area contributed by atoms with E-state index in [4.69, 9.17) is 9.47 Å². The largest absolute Gasteiger partial charge is 0.416 e. The maximum absolute atomic E-state index is 12.8. The van der Waals surface area contributed by atoms with Gasteiger partial charge in [-0.2, -0.15) is 13.2 Å². The minimum atomic E-state index is -4.41. The van der Waals surface area contributed by atoms with Gasteiger partial charge in [0.1, 0.15) is 0 Å². The number of rotatable bonds is 3. The molecule has 0 heterocycles. The van der Waals surface area contributed by atoms with E-state index >= 15 is 0 Å². The fraction of sp³-hybridized carbons (Fsp3) is 0.600. The molecule has 0 aromatic heterocycles. The van der Waals surface area contributed by atoms with Crippen molar-refractivity contribution < 1.29 is 27.8 Å². The number of methoxy groups -OCH3 is 2. The molecular formula is C15H19F3O3. The summed E-state index contributed by atoms with van der Waals surface area (Å²) in [4.78, 5) is 0. The number of hydrogen-bond donors (Lipinski definition) is 1. The lowest BCUT2D eigenvalue weighted by molar-refractivity contribution is -0.243. The van der Waals surface area contributed by atoms with Crippen LogP contribution in [0.1, 0.15) is 36.8 Å². The van der Waals surface area contributed by atoms with Gasteiger partial charge in [0.15, 0.2) is 5.79 Å². The van der Waals surface area contributed by atoms with Gasteiger partial charge in [0, 0.05) is 27.1 Å². The molecule has 1 saturated carbocycles. The Morgan fingerprint density at radius 1 is 1.05 bits per heavy atom. The van der Waals surface area contributed by atoms with Crippen LogP contribution in [0.5, 0.6) is 0 Å². The first-order valence-electron chi connectivity index (χ1n) is 6.75. The first kappa shape index (κ1) is 16.3. The fourth-order valence-corrected chi connectivity index (χ4v) is 2.81. The highest BCUT2D eigenvalue weighted by Crippen LogP contribution is 2.44. The molecule has 0 spiro atoms. The van der Waals surface area contributed by atoms with E-state index < -0.39 is 23.1 Å². The Labute approximate surface area is 121 Å². The molecule has 1 aromatic carbocycles. The van der Waals surface area contributed by atoms with Gasteiger partial charge in [-0.25, -0.2) is 0 Å². The van der Waals surface area contributed by atoms with Gasteiger partial charge in [-0.05, 0) is 30.5 Å². The van der Waals surface area contributed by atoms with Crippen LogP contribution in [-0.2, 0) is 21.3 Å². The van der Waals surface area contributed by atoms with Crippen molar-refractivity contribution in [3.63, 3.8) is 0 Å². The van der Waals surface area contributed by atoms with Crippen molar-refractivity contribution in [1.29, 1.82) is 0 Å². The van der Waals surface area contributed by atoms with Crippen LogP contribution in [0.2, 0.25) is 0 Å². The predicted molar refractivity (Wildman–Crippen MR) is 70.6 cm³/mol. The standard InChI is InChI=1S/C15H19F3O3/c1-20-14(21-2)8-6-13(19,7-9-14)11-4-3-5-12(10-11)15(16,17)18/h3-5,10,19H,6-9H2,1-2H3. The third-order valence-corrected chi connectivity index (χ3v) is 4.31. The fourth-order valence-electron chi connectivity index (χ4n) is 2.81. The maximum atomic E-state index is 12.8. The highest BCUT2D eigenvalue weighted by atomic mass is 19.4. The molecule has 1 N–H and O–H groups in total. The van der Waals surface area contributed by atoms with Crippen molar-refractivity contribution in [3.05, 3.63) is 35.4 Å². The van der Waals surface area contributed by atoms with E-state index in [2.05, 4.69) is 0 Å². The van der Waals surface area contributed by atoms with Gasteiger partial charge in [-0.1, -0.05) is 12.1 Å². The van der Waals surface area contributed by atoms with Crippen LogP contribution >= 0.6 is 0 Å². The summed E-state index contributed by atoms with van der Waals surface area (Å²) in [6.07, 6.45) is -2.99. The Bertz CT molecular complexity index is 485. The average molecular weight is 304 g/mol. The lowest BCUT2D eigenvalue weighted by Gasteiger charge is -2.42. The molecule has 0 unspecified atom stereocenters. The quantitative estimate of drug-likeness (QED) is 0.869. The van der Waals surface area contributed by atoms with E-state index in [9.17, 15) is 18.3 Å². The van der Waals surface area contributed by atoms with E-state index in [1.807, 2.05) is 0 Å². The Balaban J connectivity index is 2.23. The van der Waals surface area contributed by atoms with Crippen LogP contribution in [0.4, 0.5) is 13.2 Å². The van der Waals surface area contributed by atoms with Crippen molar-refractivity contribution in [2.24, 2.45) is 0 Å². The van der Waals surface area contributed by atoms with E-state index in [1.165, 1.54) is 26.4 Å². The van der Waals surface area contributed by atoms with Crippen LogP contribution in [-0.4, -0.2) is 25.1 Å². The van der Waals surface area contributed by atoms with Gasteiger partial charge in [0.25, 0.3) is 0 Å². The monoisotopic (exact) mass is 304 g/mol. The summed E-state index contributed by atoms with van der Waals surface area (Å²) in [5, 5.41) is 10.7. The van der Waals surface area contributed by atoms with E-state index in [0.29, 0.717) is 12.8 Å². The molecule has 1 aromatic rings. The lowest BCUT2D eigenvalue weighted by atomic mass is 9.76. The minimum absolute atomic E-state index is 0.288. The molecule has 2 rings (SSSR count). The van der Waals surface area contributed by atoms with E-state index in [0.717, 1.165) is 12.1 Å². The van der Waals surface area contributed by atoms with Crippen LogP contribution in [0.3, 0.4) is 0 Å². The zero-order chi connectivity index (χ0) is 15.7. The Hall–Kier alpha value is -1.11. The molecule has 0 saturated heterocycles. The molecule has 0 radical (unpaired) electrons. The van der Waals surface area contributed by atoms with Gasteiger partial charge in [-0.15, -0.1) is 0 Å². The number of alkyl halides is 3. The number of benzene rings is 1. The summed E-state index contributed by atoms with van der Waals surface area (Å²) in [5.41, 5.74) is -1.73. The summed E-state index contributed by atoms with van der Waals surface area (Å²) in [6, 6.07) is 4.88. The zero-order valence-corrected chi connectivity index (χ0v) is 12.0.